The minimum Gasteiger partial charge on any atom is -0.475 e. The third kappa shape index (κ3) is 1.25. The molecule has 72 valence electrons. The Morgan fingerprint density at radius 2 is 2.00 bits per heavy atom. The highest BCUT2D eigenvalue weighted by atomic mass is 16.4. The number of nitrogens with one attached hydrogen (secondary N) is 1. The summed E-state index contributed by atoms with van der Waals surface area (Å²) in [4.78, 5) is 21.7. The van der Waals surface area contributed by atoms with Gasteiger partial charge in [0.15, 0.2) is 0 Å². The Kier molecular flexibility index (Phi) is 1.96. The Balaban J connectivity index is 2.23. The number of carbonyl (C=O) groups is 2. The molecular weight excluding hydrogens is 182 g/mol. The minimum atomic E-state index is -1.40. The van der Waals surface area contributed by atoms with Crippen molar-refractivity contribution in [2.45, 2.75) is 6.04 Å². The monoisotopic (exact) mass is 191 g/mol. The minimum absolute atomic E-state index is 0.0262. The standard InChI is InChI=1S/C10H9NO3/c12-9(10(13)14)7-5-11-8-4-2-1-3-6(7)8/h1-6,8,11H,(H,13,14). The van der Waals surface area contributed by atoms with E-state index in [2.05, 4.69) is 5.32 Å². The topological polar surface area (TPSA) is 66.4 Å². The zero-order chi connectivity index (χ0) is 10.1. The maximum absolute atomic E-state index is 11.2. The van der Waals surface area contributed by atoms with E-state index in [1.54, 1.807) is 0 Å². The molecule has 4 nitrogen and oxygen atoms in total. The van der Waals surface area contributed by atoms with Crippen molar-refractivity contribution in [3.05, 3.63) is 36.1 Å². The van der Waals surface area contributed by atoms with Crippen molar-refractivity contribution in [2.24, 2.45) is 5.92 Å². The van der Waals surface area contributed by atoms with Crippen molar-refractivity contribution in [2.75, 3.05) is 0 Å². The van der Waals surface area contributed by atoms with Crippen LogP contribution in [0.2, 0.25) is 0 Å². The third-order valence-corrected chi connectivity index (χ3v) is 2.38. The molecule has 1 aliphatic carbocycles. The summed E-state index contributed by atoms with van der Waals surface area (Å²) in [5.74, 6) is -2.37. The van der Waals surface area contributed by atoms with E-state index < -0.39 is 11.8 Å². The predicted octanol–water partition coefficient (Wildman–Crippen LogP) is 0.238. The molecule has 0 amide bonds. The van der Waals surface area contributed by atoms with Gasteiger partial charge in [0, 0.05) is 17.7 Å². The highest BCUT2D eigenvalue weighted by molar-refractivity contribution is 6.40. The molecule has 0 bridgehead atoms. The second-order valence-electron chi connectivity index (χ2n) is 3.22. The first-order valence-corrected chi connectivity index (χ1v) is 4.29. The van der Waals surface area contributed by atoms with Crippen LogP contribution in [0.1, 0.15) is 0 Å². The first kappa shape index (κ1) is 8.74. The predicted molar refractivity (Wildman–Crippen MR) is 49.4 cm³/mol. The second kappa shape index (κ2) is 3.14. The Morgan fingerprint density at radius 3 is 2.71 bits per heavy atom. The van der Waals surface area contributed by atoms with Gasteiger partial charge in [-0.15, -0.1) is 0 Å². The maximum atomic E-state index is 11.2. The molecule has 4 heteroatoms. The summed E-state index contributed by atoms with van der Waals surface area (Å²) in [7, 11) is 0. The SMILES string of the molecule is O=C(O)C(=O)C1=CNC2C=CC=CC12. The van der Waals surface area contributed by atoms with Crippen LogP contribution >= 0.6 is 0 Å². The van der Waals surface area contributed by atoms with Gasteiger partial charge in [0.1, 0.15) is 0 Å². The first-order valence-electron chi connectivity index (χ1n) is 4.29. The highest BCUT2D eigenvalue weighted by Gasteiger charge is 2.33. The Labute approximate surface area is 80.6 Å². The number of carboxylic acids is 1. The number of aliphatic carboxylic acids is 1. The average Bonchev–Trinajstić information content (AvgIpc) is 2.60. The van der Waals surface area contributed by atoms with Crippen molar-refractivity contribution in [3.63, 3.8) is 0 Å². The van der Waals surface area contributed by atoms with E-state index in [1.807, 2.05) is 24.3 Å². The van der Waals surface area contributed by atoms with Crippen molar-refractivity contribution < 1.29 is 14.7 Å². The van der Waals surface area contributed by atoms with Gasteiger partial charge in [0.05, 0.1) is 6.04 Å². The lowest BCUT2D eigenvalue weighted by Gasteiger charge is -2.17. The fourth-order valence-corrected chi connectivity index (χ4v) is 1.69. The molecule has 1 heterocycles. The van der Waals surface area contributed by atoms with Crippen molar-refractivity contribution in [3.8, 4) is 0 Å². The molecule has 0 saturated carbocycles. The smallest absolute Gasteiger partial charge is 0.376 e. The number of carbonyl (C=O) groups excluding carboxylic acids is 1. The van der Waals surface area contributed by atoms with Crippen LogP contribution in [-0.4, -0.2) is 22.9 Å². The van der Waals surface area contributed by atoms with Gasteiger partial charge in [-0.1, -0.05) is 24.3 Å². The lowest BCUT2D eigenvalue weighted by atomic mass is 9.89. The van der Waals surface area contributed by atoms with Crippen LogP contribution in [0.3, 0.4) is 0 Å². The number of allylic oxidation sites excluding steroid dienone is 2. The first-order chi connectivity index (χ1) is 6.70. The van der Waals surface area contributed by atoms with Crippen LogP contribution in [0.4, 0.5) is 0 Å². The molecule has 2 rings (SSSR count). The molecule has 0 spiro atoms. The van der Waals surface area contributed by atoms with E-state index in [0.29, 0.717) is 5.57 Å². The second-order valence-corrected chi connectivity index (χ2v) is 3.22. The molecule has 2 aliphatic rings. The van der Waals surface area contributed by atoms with E-state index in [9.17, 15) is 9.59 Å². The number of fused-ring (bicyclic) bond motifs is 1. The van der Waals surface area contributed by atoms with Crippen molar-refractivity contribution >= 4 is 11.8 Å². The van der Waals surface area contributed by atoms with E-state index in [4.69, 9.17) is 5.11 Å². The lowest BCUT2D eigenvalue weighted by molar-refractivity contribution is -0.147. The third-order valence-electron chi connectivity index (χ3n) is 2.38. The zero-order valence-corrected chi connectivity index (χ0v) is 7.31. The number of hydrogen-bond donors (Lipinski definition) is 2. The highest BCUT2D eigenvalue weighted by Crippen LogP contribution is 2.26. The molecule has 0 aromatic rings. The lowest BCUT2D eigenvalue weighted by Crippen LogP contribution is -2.27. The number of hydrogen-bond acceptors (Lipinski definition) is 3. The molecule has 0 radical (unpaired) electrons. The van der Waals surface area contributed by atoms with Gasteiger partial charge in [-0.2, -0.15) is 0 Å². The fourth-order valence-electron chi connectivity index (χ4n) is 1.69. The zero-order valence-electron chi connectivity index (χ0n) is 7.31. The van der Waals surface area contributed by atoms with Crippen molar-refractivity contribution in [1.29, 1.82) is 0 Å². The summed E-state index contributed by atoms with van der Waals surface area (Å²) in [6.07, 6.45) is 8.92. The van der Waals surface area contributed by atoms with Crippen molar-refractivity contribution in [1.82, 2.24) is 5.32 Å². The molecule has 2 N–H and O–H groups in total. The summed E-state index contributed by atoms with van der Waals surface area (Å²) in [6.45, 7) is 0. The van der Waals surface area contributed by atoms with Crippen LogP contribution in [0.25, 0.3) is 0 Å². The molecule has 14 heavy (non-hydrogen) atoms. The number of Topliss-reactive ketones (excluding diaryl/α,β-unsaturated/α-hetero) is 1. The quantitative estimate of drug-likeness (QED) is 0.613. The fraction of sp³-hybridized carbons (Fsp3) is 0.200. The van der Waals surface area contributed by atoms with Crippen LogP contribution in [0.15, 0.2) is 36.1 Å². The van der Waals surface area contributed by atoms with Crippen LogP contribution in [0, 0.1) is 5.92 Å². The van der Waals surface area contributed by atoms with E-state index in [0.717, 1.165) is 0 Å². The summed E-state index contributed by atoms with van der Waals surface area (Å²) in [6, 6.07) is 0.0262. The van der Waals surface area contributed by atoms with Crippen LogP contribution in [-0.2, 0) is 9.59 Å². The Morgan fingerprint density at radius 1 is 1.29 bits per heavy atom. The molecule has 1 aliphatic heterocycles. The van der Waals surface area contributed by atoms with E-state index in [-0.39, 0.29) is 12.0 Å². The summed E-state index contributed by atoms with van der Waals surface area (Å²) < 4.78 is 0. The molecule has 0 aromatic heterocycles. The van der Waals surface area contributed by atoms with Gasteiger partial charge < -0.3 is 10.4 Å². The molecule has 0 fully saturated rings. The van der Waals surface area contributed by atoms with Gasteiger partial charge in [-0.05, 0) is 0 Å². The number of carboxylic acid groups (broad SMARTS) is 1. The molecule has 0 aromatic carbocycles. The van der Waals surface area contributed by atoms with E-state index in [1.165, 1.54) is 6.20 Å². The summed E-state index contributed by atoms with van der Waals surface area (Å²) >= 11 is 0. The number of ketones is 1. The summed E-state index contributed by atoms with van der Waals surface area (Å²) in [5.41, 5.74) is 0.322. The summed E-state index contributed by atoms with van der Waals surface area (Å²) in [5, 5.41) is 11.5. The molecule has 2 atom stereocenters. The van der Waals surface area contributed by atoms with Gasteiger partial charge in [0.2, 0.25) is 0 Å². The maximum Gasteiger partial charge on any atom is 0.376 e. The van der Waals surface area contributed by atoms with Gasteiger partial charge >= 0.3 is 5.97 Å². The van der Waals surface area contributed by atoms with E-state index >= 15 is 0 Å². The Bertz CT molecular complexity index is 379. The van der Waals surface area contributed by atoms with Crippen LogP contribution in [0.5, 0.6) is 0 Å². The average molecular weight is 191 g/mol. The van der Waals surface area contributed by atoms with Gasteiger partial charge in [-0.3, -0.25) is 4.79 Å². The van der Waals surface area contributed by atoms with Gasteiger partial charge in [-0.25, -0.2) is 4.79 Å². The molecule has 2 unspecified atom stereocenters. The Hall–Kier alpha value is -1.84. The molecule has 0 saturated heterocycles. The van der Waals surface area contributed by atoms with Crippen LogP contribution < -0.4 is 5.32 Å². The molecular formula is C10H9NO3. The normalized spacial score (nSPS) is 27.9. The number of rotatable bonds is 2. The van der Waals surface area contributed by atoms with Gasteiger partial charge in [0.25, 0.3) is 5.78 Å². The largest absolute Gasteiger partial charge is 0.475 e.